The maximum Gasteiger partial charge on any atom is 0.260 e. The highest BCUT2D eigenvalue weighted by atomic mass is 35.5. The van der Waals surface area contributed by atoms with Gasteiger partial charge in [0.25, 0.3) is 5.91 Å². The minimum absolute atomic E-state index is 0.0247. The zero-order valence-electron chi connectivity index (χ0n) is 13.7. The first-order chi connectivity index (χ1) is 12.6. The molecule has 0 unspecified atom stereocenters. The van der Waals surface area contributed by atoms with Crippen molar-refractivity contribution in [3.05, 3.63) is 63.6 Å². The number of hydrogen-bond acceptors (Lipinski definition) is 3. The third kappa shape index (κ3) is 2.26. The van der Waals surface area contributed by atoms with Crippen LogP contribution in [0, 0.1) is 0 Å². The fourth-order valence-electron chi connectivity index (χ4n) is 3.64. The molecule has 3 aromatic rings. The highest BCUT2D eigenvalue weighted by molar-refractivity contribution is 6.33. The molecule has 0 atom stereocenters. The van der Waals surface area contributed by atoms with Crippen molar-refractivity contribution in [3.8, 4) is 11.3 Å². The van der Waals surface area contributed by atoms with Crippen LogP contribution in [0.1, 0.15) is 22.3 Å². The molecule has 26 heavy (non-hydrogen) atoms. The molecule has 2 aliphatic heterocycles. The summed E-state index contributed by atoms with van der Waals surface area (Å²) in [6, 6.07) is 12.9. The van der Waals surface area contributed by atoms with E-state index in [1.807, 2.05) is 36.4 Å². The number of halogens is 2. The lowest BCUT2D eigenvalue weighted by Gasteiger charge is -2.21. The molecule has 1 aromatic heterocycles. The van der Waals surface area contributed by atoms with Crippen molar-refractivity contribution in [1.82, 2.24) is 9.88 Å². The van der Waals surface area contributed by atoms with Crippen LogP contribution < -0.4 is 0 Å². The molecule has 0 saturated carbocycles. The summed E-state index contributed by atoms with van der Waals surface area (Å²) in [5, 5.41) is 2.01. The van der Waals surface area contributed by atoms with Gasteiger partial charge in [-0.15, -0.1) is 0 Å². The third-order valence-corrected chi connectivity index (χ3v) is 5.29. The minimum Gasteiger partial charge on any atom is -0.292 e. The van der Waals surface area contributed by atoms with Gasteiger partial charge in [-0.1, -0.05) is 35.3 Å². The topological polar surface area (TPSA) is 45.6 Å². The standard InChI is InChI=1S/C20H13Cl2N3O/c21-12-4-2-11(3-5-12)18-17-16(14-10-13(22)6-7-15(14)24-18)20(26)25-9-1-8-23-19(17)25/h2-7,10H,1,8-9H2. The number of carbonyl (C=O) groups is 1. The smallest absolute Gasteiger partial charge is 0.260 e. The summed E-state index contributed by atoms with van der Waals surface area (Å²) in [4.78, 5) is 24.4. The Kier molecular flexibility index (Phi) is 3.52. The molecule has 128 valence electrons. The van der Waals surface area contributed by atoms with E-state index in [0.29, 0.717) is 28.7 Å². The van der Waals surface area contributed by atoms with E-state index in [-0.39, 0.29) is 5.91 Å². The maximum absolute atomic E-state index is 13.1. The zero-order chi connectivity index (χ0) is 17.8. The fraction of sp³-hybridized carbons (Fsp3) is 0.150. The van der Waals surface area contributed by atoms with Gasteiger partial charge < -0.3 is 0 Å². The number of pyridine rings is 1. The zero-order valence-corrected chi connectivity index (χ0v) is 15.2. The van der Waals surface area contributed by atoms with Gasteiger partial charge in [-0.05, 0) is 36.8 Å². The van der Waals surface area contributed by atoms with Crippen LogP contribution in [0.2, 0.25) is 10.0 Å². The van der Waals surface area contributed by atoms with Gasteiger partial charge in [0.2, 0.25) is 0 Å². The minimum atomic E-state index is -0.0247. The predicted molar refractivity (Wildman–Crippen MR) is 104 cm³/mol. The summed E-state index contributed by atoms with van der Waals surface area (Å²) in [7, 11) is 0. The summed E-state index contributed by atoms with van der Waals surface area (Å²) in [6.45, 7) is 1.39. The lowest BCUT2D eigenvalue weighted by molar-refractivity contribution is 0.0857. The monoisotopic (exact) mass is 381 g/mol. The van der Waals surface area contributed by atoms with Crippen LogP contribution in [-0.2, 0) is 0 Å². The average molecular weight is 382 g/mol. The second-order valence-corrected chi connectivity index (χ2v) is 7.27. The Morgan fingerprint density at radius 1 is 0.962 bits per heavy atom. The van der Waals surface area contributed by atoms with E-state index in [1.165, 1.54) is 0 Å². The van der Waals surface area contributed by atoms with Crippen LogP contribution in [0.5, 0.6) is 0 Å². The number of aromatic nitrogens is 1. The number of benzene rings is 2. The van der Waals surface area contributed by atoms with Crippen molar-refractivity contribution in [1.29, 1.82) is 0 Å². The maximum atomic E-state index is 13.1. The molecule has 6 heteroatoms. The molecule has 1 amide bonds. The number of amides is 1. The van der Waals surface area contributed by atoms with Gasteiger partial charge in [0.15, 0.2) is 0 Å². The van der Waals surface area contributed by atoms with Crippen molar-refractivity contribution < 1.29 is 4.79 Å². The molecule has 0 N–H and O–H groups in total. The van der Waals surface area contributed by atoms with Gasteiger partial charge >= 0.3 is 0 Å². The van der Waals surface area contributed by atoms with E-state index in [0.717, 1.165) is 40.0 Å². The van der Waals surface area contributed by atoms with Crippen molar-refractivity contribution in [3.63, 3.8) is 0 Å². The molecular weight excluding hydrogens is 369 g/mol. The molecular formula is C20H13Cl2N3O. The number of rotatable bonds is 1. The summed E-state index contributed by atoms with van der Waals surface area (Å²) in [5.74, 6) is 0.693. The van der Waals surface area contributed by atoms with Gasteiger partial charge in [-0.25, -0.2) is 4.98 Å². The molecule has 2 aliphatic rings. The molecule has 3 heterocycles. The molecule has 0 bridgehead atoms. The summed E-state index contributed by atoms with van der Waals surface area (Å²) in [6.07, 6.45) is 0.867. The first kappa shape index (κ1) is 15.8. The van der Waals surface area contributed by atoms with Crippen molar-refractivity contribution in [2.45, 2.75) is 6.42 Å². The Balaban J connectivity index is 1.90. The predicted octanol–water partition coefficient (Wildman–Crippen LogP) is 4.81. The van der Waals surface area contributed by atoms with E-state index in [2.05, 4.69) is 4.99 Å². The van der Waals surface area contributed by atoms with Crippen LogP contribution in [0.3, 0.4) is 0 Å². The molecule has 0 radical (unpaired) electrons. The Hall–Kier alpha value is -2.43. The summed E-state index contributed by atoms with van der Waals surface area (Å²) >= 11 is 12.2. The van der Waals surface area contributed by atoms with Crippen LogP contribution in [0.15, 0.2) is 47.5 Å². The van der Waals surface area contributed by atoms with Crippen LogP contribution in [0.4, 0.5) is 0 Å². The highest BCUT2D eigenvalue weighted by Gasteiger charge is 2.39. The Morgan fingerprint density at radius 2 is 1.73 bits per heavy atom. The molecule has 0 fully saturated rings. The van der Waals surface area contributed by atoms with E-state index in [4.69, 9.17) is 28.2 Å². The highest BCUT2D eigenvalue weighted by Crippen LogP contribution is 2.38. The van der Waals surface area contributed by atoms with E-state index >= 15 is 0 Å². The lowest BCUT2D eigenvalue weighted by Crippen LogP contribution is -2.34. The van der Waals surface area contributed by atoms with Crippen molar-refractivity contribution in [2.75, 3.05) is 13.1 Å². The molecule has 0 aliphatic carbocycles. The van der Waals surface area contributed by atoms with Gasteiger partial charge in [0, 0.05) is 34.1 Å². The first-order valence-electron chi connectivity index (χ1n) is 8.39. The van der Waals surface area contributed by atoms with Gasteiger partial charge in [-0.2, -0.15) is 0 Å². The molecule has 2 aromatic carbocycles. The molecule has 0 spiro atoms. The Labute approximate surface area is 160 Å². The normalized spacial score (nSPS) is 15.8. The Morgan fingerprint density at radius 3 is 2.54 bits per heavy atom. The van der Waals surface area contributed by atoms with Gasteiger partial charge in [0.1, 0.15) is 5.84 Å². The largest absolute Gasteiger partial charge is 0.292 e. The summed E-state index contributed by atoms with van der Waals surface area (Å²) < 4.78 is 0. The van der Waals surface area contributed by atoms with Gasteiger partial charge in [-0.3, -0.25) is 14.7 Å². The van der Waals surface area contributed by atoms with E-state index < -0.39 is 0 Å². The number of fused-ring (bicyclic) bond motifs is 5. The second kappa shape index (κ2) is 5.79. The van der Waals surface area contributed by atoms with E-state index in [9.17, 15) is 4.79 Å². The SMILES string of the molecule is O=C1c2c(c(-c3ccc(Cl)cc3)nc3ccc(Cl)cc23)C2=NCCCN12. The third-order valence-electron chi connectivity index (χ3n) is 4.80. The number of nitrogens with zero attached hydrogens (tertiary/aromatic N) is 3. The number of hydrogen-bond donors (Lipinski definition) is 0. The number of carbonyl (C=O) groups excluding carboxylic acids is 1. The average Bonchev–Trinajstić information content (AvgIpc) is 2.96. The van der Waals surface area contributed by atoms with Crippen molar-refractivity contribution in [2.24, 2.45) is 4.99 Å². The first-order valence-corrected chi connectivity index (χ1v) is 9.15. The molecule has 0 saturated heterocycles. The Bertz CT molecular complexity index is 1110. The van der Waals surface area contributed by atoms with Crippen LogP contribution in [0.25, 0.3) is 22.2 Å². The van der Waals surface area contributed by atoms with Crippen LogP contribution >= 0.6 is 23.2 Å². The van der Waals surface area contributed by atoms with Crippen molar-refractivity contribution >= 4 is 45.8 Å². The molecule has 4 nitrogen and oxygen atoms in total. The number of amidine groups is 1. The van der Waals surface area contributed by atoms with E-state index in [1.54, 1.807) is 11.0 Å². The van der Waals surface area contributed by atoms with Crippen LogP contribution in [-0.4, -0.2) is 34.7 Å². The lowest BCUT2D eigenvalue weighted by atomic mass is 9.98. The fourth-order valence-corrected chi connectivity index (χ4v) is 3.94. The quantitative estimate of drug-likeness (QED) is 0.606. The van der Waals surface area contributed by atoms with Gasteiger partial charge in [0.05, 0.1) is 22.3 Å². The second-order valence-electron chi connectivity index (χ2n) is 6.39. The summed E-state index contributed by atoms with van der Waals surface area (Å²) in [5.41, 5.74) is 3.84. The number of aliphatic imine (C=N–C) groups is 1. The molecule has 5 rings (SSSR count).